The molecule has 0 N–H and O–H groups in total. The van der Waals surface area contributed by atoms with Crippen LogP contribution in [0.4, 0.5) is 0 Å². The zero-order valence-electron chi connectivity index (χ0n) is 20.9. The van der Waals surface area contributed by atoms with Gasteiger partial charge < -0.3 is 9.47 Å². The van der Waals surface area contributed by atoms with E-state index in [-0.39, 0.29) is 34.4 Å². The SMILES string of the molecule is CCCCC(CC)CC(C)(C)OCC(C)OC(=O)C(CC(C)(C)C)C(C)(C)C. The molecule has 0 aromatic heterocycles. The van der Waals surface area contributed by atoms with Crippen molar-refractivity contribution >= 4 is 5.97 Å². The molecule has 28 heavy (non-hydrogen) atoms. The van der Waals surface area contributed by atoms with Crippen LogP contribution in [-0.4, -0.2) is 24.3 Å². The van der Waals surface area contributed by atoms with Crippen molar-refractivity contribution in [2.75, 3.05) is 6.61 Å². The fourth-order valence-electron chi connectivity index (χ4n) is 3.71. The van der Waals surface area contributed by atoms with E-state index < -0.39 is 0 Å². The highest BCUT2D eigenvalue weighted by molar-refractivity contribution is 5.73. The van der Waals surface area contributed by atoms with Crippen LogP contribution in [-0.2, 0) is 14.3 Å². The summed E-state index contributed by atoms with van der Waals surface area (Å²) in [5.41, 5.74) is -0.214. The van der Waals surface area contributed by atoms with Crippen molar-refractivity contribution in [3.8, 4) is 0 Å². The summed E-state index contributed by atoms with van der Waals surface area (Å²) in [4.78, 5) is 12.9. The van der Waals surface area contributed by atoms with Crippen molar-refractivity contribution in [1.29, 1.82) is 0 Å². The molecule has 0 aliphatic rings. The van der Waals surface area contributed by atoms with Crippen LogP contribution in [0, 0.1) is 22.7 Å². The van der Waals surface area contributed by atoms with Gasteiger partial charge in [-0.25, -0.2) is 0 Å². The van der Waals surface area contributed by atoms with Gasteiger partial charge >= 0.3 is 5.97 Å². The minimum absolute atomic E-state index is 0.0896. The highest BCUT2D eigenvalue weighted by Crippen LogP contribution is 2.37. The molecule has 0 heterocycles. The molecule has 0 rings (SSSR count). The van der Waals surface area contributed by atoms with Crippen LogP contribution in [0.15, 0.2) is 0 Å². The molecule has 3 nitrogen and oxygen atoms in total. The van der Waals surface area contributed by atoms with Gasteiger partial charge in [-0.1, -0.05) is 81.1 Å². The smallest absolute Gasteiger partial charge is 0.309 e. The lowest BCUT2D eigenvalue weighted by Gasteiger charge is -2.35. The van der Waals surface area contributed by atoms with Gasteiger partial charge in [-0.15, -0.1) is 0 Å². The molecule has 0 aromatic carbocycles. The van der Waals surface area contributed by atoms with Gasteiger partial charge in [-0.05, 0) is 50.4 Å². The van der Waals surface area contributed by atoms with E-state index in [0.29, 0.717) is 12.5 Å². The highest BCUT2D eigenvalue weighted by atomic mass is 16.6. The fraction of sp³-hybridized carbons (Fsp3) is 0.960. The third-order valence-corrected chi connectivity index (χ3v) is 5.50. The van der Waals surface area contributed by atoms with Crippen molar-refractivity contribution < 1.29 is 14.3 Å². The van der Waals surface area contributed by atoms with Gasteiger partial charge in [0.2, 0.25) is 0 Å². The number of hydrogen-bond acceptors (Lipinski definition) is 3. The summed E-state index contributed by atoms with van der Waals surface area (Å²) >= 11 is 0. The number of ether oxygens (including phenoxy) is 2. The number of hydrogen-bond donors (Lipinski definition) is 0. The molecule has 0 saturated carbocycles. The van der Waals surface area contributed by atoms with E-state index >= 15 is 0 Å². The first-order valence-electron chi connectivity index (χ1n) is 11.5. The molecular weight excluding hydrogens is 348 g/mol. The standard InChI is InChI=1S/C25H50O3/c1-12-14-15-20(13-2)16-25(10,11)27-18-19(3)28-22(26)21(24(7,8)9)17-23(4,5)6/h19-21H,12-18H2,1-11H3. The second-order valence-electron chi connectivity index (χ2n) is 11.6. The van der Waals surface area contributed by atoms with Crippen molar-refractivity contribution in [2.24, 2.45) is 22.7 Å². The fourth-order valence-corrected chi connectivity index (χ4v) is 3.71. The summed E-state index contributed by atoms with van der Waals surface area (Å²) in [5.74, 6) is 0.497. The van der Waals surface area contributed by atoms with Crippen molar-refractivity contribution in [3.05, 3.63) is 0 Å². The van der Waals surface area contributed by atoms with E-state index in [2.05, 4.69) is 69.2 Å². The summed E-state index contributed by atoms with van der Waals surface area (Å²) in [6.07, 6.45) is 6.64. The lowest BCUT2D eigenvalue weighted by molar-refractivity contribution is -0.165. The minimum Gasteiger partial charge on any atom is -0.460 e. The van der Waals surface area contributed by atoms with E-state index in [4.69, 9.17) is 9.47 Å². The Kier molecular flexibility index (Phi) is 11.3. The first kappa shape index (κ1) is 27.4. The number of esters is 1. The molecule has 0 aliphatic heterocycles. The molecule has 168 valence electrons. The maximum atomic E-state index is 12.9. The number of carbonyl (C=O) groups is 1. The van der Waals surface area contributed by atoms with Gasteiger partial charge in [0.25, 0.3) is 0 Å². The van der Waals surface area contributed by atoms with Gasteiger partial charge in [0.15, 0.2) is 0 Å². The topological polar surface area (TPSA) is 35.5 Å². The monoisotopic (exact) mass is 398 g/mol. The maximum Gasteiger partial charge on any atom is 0.309 e. The molecule has 0 bridgehead atoms. The molecule has 0 spiro atoms. The Labute approximate surface area is 176 Å². The second-order valence-corrected chi connectivity index (χ2v) is 11.6. The molecule has 0 aromatic rings. The van der Waals surface area contributed by atoms with Gasteiger partial charge in [-0.3, -0.25) is 4.79 Å². The van der Waals surface area contributed by atoms with E-state index in [1.807, 2.05) is 6.92 Å². The van der Waals surface area contributed by atoms with Gasteiger partial charge in [0.1, 0.15) is 6.10 Å². The van der Waals surface area contributed by atoms with Crippen molar-refractivity contribution in [1.82, 2.24) is 0 Å². The zero-order valence-corrected chi connectivity index (χ0v) is 20.9. The van der Waals surface area contributed by atoms with Crippen LogP contribution < -0.4 is 0 Å². The van der Waals surface area contributed by atoms with E-state index in [1.165, 1.54) is 25.7 Å². The number of carbonyl (C=O) groups excluding carboxylic acids is 1. The predicted octanol–water partition coefficient (Wildman–Crippen LogP) is 7.42. The first-order valence-corrected chi connectivity index (χ1v) is 11.5. The molecule has 3 unspecified atom stereocenters. The third-order valence-electron chi connectivity index (χ3n) is 5.50. The lowest BCUT2D eigenvalue weighted by Crippen LogP contribution is -2.37. The highest BCUT2D eigenvalue weighted by Gasteiger charge is 2.36. The van der Waals surface area contributed by atoms with Gasteiger partial charge in [-0.2, -0.15) is 0 Å². The van der Waals surface area contributed by atoms with Crippen LogP contribution in [0.3, 0.4) is 0 Å². The molecular formula is C25H50O3. The number of rotatable bonds is 12. The Bertz CT molecular complexity index is 440. The Morgan fingerprint density at radius 2 is 1.50 bits per heavy atom. The maximum absolute atomic E-state index is 12.9. The predicted molar refractivity (Wildman–Crippen MR) is 121 cm³/mol. The van der Waals surface area contributed by atoms with Crippen LogP contribution in [0.5, 0.6) is 0 Å². The summed E-state index contributed by atoms with van der Waals surface area (Å²) in [6, 6.07) is 0. The van der Waals surface area contributed by atoms with Crippen LogP contribution >= 0.6 is 0 Å². The van der Waals surface area contributed by atoms with Gasteiger partial charge in [0, 0.05) is 0 Å². The first-order chi connectivity index (χ1) is 12.6. The molecule has 0 saturated heterocycles. The zero-order chi connectivity index (χ0) is 22.2. The number of unbranched alkanes of at least 4 members (excludes halogenated alkanes) is 1. The minimum atomic E-state index is -0.229. The second kappa shape index (κ2) is 11.6. The summed E-state index contributed by atoms with van der Waals surface area (Å²) in [6.45, 7) is 24.1. The average Bonchev–Trinajstić information content (AvgIpc) is 2.52. The largest absolute Gasteiger partial charge is 0.460 e. The normalized spacial score (nSPS) is 16.5. The van der Waals surface area contributed by atoms with Crippen molar-refractivity contribution in [3.63, 3.8) is 0 Å². The molecule has 0 aliphatic carbocycles. The van der Waals surface area contributed by atoms with E-state index in [9.17, 15) is 4.79 Å². The third kappa shape index (κ3) is 12.1. The van der Waals surface area contributed by atoms with Crippen molar-refractivity contribution in [2.45, 2.75) is 126 Å². The molecule has 3 heteroatoms. The molecule has 0 radical (unpaired) electrons. The Morgan fingerprint density at radius 1 is 0.929 bits per heavy atom. The Balaban J connectivity index is 4.72. The Morgan fingerprint density at radius 3 is 1.93 bits per heavy atom. The molecule has 0 fully saturated rings. The van der Waals surface area contributed by atoms with Crippen LogP contribution in [0.2, 0.25) is 0 Å². The molecule has 3 atom stereocenters. The summed E-state index contributed by atoms with van der Waals surface area (Å²) < 4.78 is 12.0. The molecule has 0 amide bonds. The Hall–Kier alpha value is -0.570. The summed E-state index contributed by atoms with van der Waals surface area (Å²) in [7, 11) is 0. The van der Waals surface area contributed by atoms with Crippen LogP contribution in [0.1, 0.15) is 115 Å². The quantitative estimate of drug-likeness (QED) is 0.321. The van der Waals surface area contributed by atoms with E-state index in [0.717, 1.165) is 12.8 Å². The van der Waals surface area contributed by atoms with Gasteiger partial charge in [0.05, 0.1) is 18.1 Å². The lowest BCUT2D eigenvalue weighted by atomic mass is 9.72. The average molecular weight is 399 g/mol. The van der Waals surface area contributed by atoms with Crippen LogP contribution in [0.25, 0.3) is 0 Å². The van der Waals surface area contributed by atoms with E-state index in [1.54, 1.807) is 0 Å². The summed E-state index contributed by atoms with van der Waals surface area (Å²) in [5, 5.41) is 0.